The van der Waals surface area contributed by atoms with E-state index >= 15 is 0 Å². The van der Waals surface area contributed by atoms with E-state index in [0.717, 1.165) is 0 Å². The van der Waals surface area contributed by atoms with Crippen LogP contribution in [0, 0.1) is 11.3 Å². The molecule has 2 atom stereocenters. The third kappa shape index (κ3) is 1.29. The van der Waals surface area contributed by atoms with Crippen LogP contribution in [0.4, 0.5) is 13.2 Å². The molecule has 1 fully saturated rings. The second kappa shape index (κ2) is 2.87. The van der Waals surface area contributed by atoms with E-state index in [9.17, 15) is 18.0 Å². The zero-order valence-electron chi connectivity index (χ0n) is 6.98. The lowest BCUT2D eigenvalue weighted by Gasteiger charge is -2.30. The fourth-order valence-corrected chi connectivity index (χ4v) is 1.62. The molecule has 1 aliphatic rings. The summed E-state index contributed by atoms with van der Waals surface area (Å²) in [5, 5.41) is 11.1. The Morgan fingerprint density at radius 1 is 1.62 bits per heavy atom. The number of halogens is 3. The van der Waals surface area contributed by atoms with Crippen molar-refractivity contribution in [1.82, 2.24) is 5.32 Å². The van der Waals surface area contributed by atoms with Crippen LogP contribution in [-0.2, 0) is 4.79 Å². The van der Waals surface area contributed by atoms with Crippen molar-refractivity contribution in [2.75, 3.05) is 13.1 Å². The van der Waals surface area contributed by atoms with Crippen LogP contribution < -0.4 is 5.32 Å². The van der Waals surface area contributed by atoms with Gasteiger partial charge in [0.25, 0.3) is 0 Å². The number of carboxylic acids is 1. The molecule has 76 valence electrons. The highest BCUT2D eigenvalue weighted by Crippen LogP contribution is 2.46. The summed E-state index contributed by atoms with van der Waals surface area (Å²) in [7, 11) is 0. The molecule has 0 spiro atoms. The van der Waals surface area contributed by atoms with Crippen LogP contribution in [-0.4, -0.2) is 30.3 Å². The Hall–Kier alpha value is -0.780. The van der Waals surface area contributed by atoms with Gasteiger partial charge in [0.05, 0.1) is 0 Å². The van der Waals surface area contributed by atoms with Gasteiger partial charge >= 0.3 is 12.1 Å². The summed E-state index contributed by atoms with van der Waals surface area (Å²) in [6, 6.07) is 0. The number of alkyl halides is 3. The van der Waals surface area contributed by atoms with Crippen molar-refractivity contribution in [2.24, 2.45) is 11.3 Å². The molecule has 3 nitrogen and oxygen atoms in total. The molecule has 0 radical (unpaired) electrons. The van der Waals surface area contributed by atoms with E-state index < -0.39 is 30.0 Å². The number of aliphatic carboxylic acids is 1. The first kappa shape index (κ1) is 10.3. The molecular weight excluding hydrogens is 187 g/mol. The van der Waals surface area contributed by atoms with Crippen molar-refractivity contribution in [3.63, 3.8) is 0 Å². The van der Waals surface area contributed by atoms with Crippen LogP contribution in [0.3, 0.4) is 0 Å². The van der Waals surface area contributed by atoms with E-state index in [4.69, 9.17) is 5.11 Å². The topological polar surface area (TPSA) is 49.3 Å². The average Bonchev–Trinajstić information content (AvgIpc) is 2.29. The summed E-state index contributed by atoms with van der Waals surface area (Å²) in [5.41, 5.74) is -2.60. The van der Waals surface area contributed by atoms with Crippen LogP contribution in [0.15, 0.2) is 0 Å². The summed E-state index contributed by atoms with van der Waals surface area (Å²) in [5.74, 6) is -2.72. The molecule has 0 amide bonds. The van der Waals surface area contributed by atoms with Gasteiger partial charge in [0.1, 0.15) is 0 Å². The predicted molar refractivity (Wildman–Crippen MR) is 38.2 cm³/mol. The Morgan fingerprint density at radius 2 is 2.15 bits per heavy atom. The lowest BCUT2D eigenvalue weighted by molar-refractivity contribution is -0.235. The largest absolute Gasteiger partial charge is 0.481 e. The maximum atomic E-state index is 12.5. The van der Waals surface area contributed by atoms with Crippen molar-refractivity contribution < 1.29 is 23.1 Å². The Bertz CT molecular complexity index is 228. The molecule has 2 N–H and O–H groups in total. The smallest absolute Gasteiger partial charge is 0.406 e. The van der Waals surface area contributed by atoms with Crippen molar-refractivity contribution >= 4 is 5.97 Å². The first-order valence-corrected chi connectivity index (χ1v) is 3.83. The highest BCUT2D eigenvalue weighted by molar-refractivity contribution is 5.77. The van der Waals surface area contributed by atoms with E-state index in [1.165, 1.54) is 6.92 Å². The van der Waals surface area contributed by atoms with Crippen LogP contribution >= 0.6 is 0 Å². The first-order valence-electron chi connectivity index (χ1n) is 3.83. The molecule has 1 heterocycles. The summed E-state index contributed by atoms with van der Waals surface area (Å²) in [6.07, 6.45) is -4.69. The van der Waals surface area contributed by atoms with E-state index in [1.807, 2.05) is 0 Å². The number of nitrogens with one attached hydrogen (secondary N) is 1. The van der Waals surface area contributed by atoms with Crippen LogP contribution in [0.2, 0.25) is 0 Å². The minimum atomic E-state index is -4.69. The number of carboxylic acid groups (broad SMARTS) is 1. The second-order valence-electron chi connectivity index (χ2n) is 3.31. The first-order chi connectivity index (χ1) is 5.82. The third-order valence-electron chi connectivity index (χ3n) is 2.58. The summed E-state index contributed by atoms with van der Waals surface area (Å²) >= 11 is 0. The average molecular weight is 197 g/mol. The third-order valence-corrected chi connectivity index (χ3v) is 2.58. The van der Waals surface area contributed by atoms with E-state index in [0.29, 0.717) is 0 Å². The SMILES string of the molecule is C[C@@H]1CNC[C@]1(C(=O)O)C(F)(F)F. The quantitative estimate of drug-likeness (QED) is 0.655. The lowest BCUT2D eigenvalue weighted by atomic mass is 9.78. The van der Waals surface area contributed by atoms with E-state index in [-0.39, 0.29) is 6.54 Å². The maximum absolute atomic E-state index is 12.5. The number of carbonyl (C=O) groups is 1. The monoisotopic (exact) mass is 197 g/mol. The summed E-state index contributed by atoms with van der Waals surface area (Å²) < 4.78 is 37.5. The van der Waals surface area contributed by atoms with Crippen molar-refractivity contribution in [3.8, 4) is 0 Å². The minimum absolute atomic E-state index is 0.0891. The van der Waals surface area contributed by atoms with Crippen molar-refractivity contribution in [2.45, 2.75) is 13.1 Å². The number of hydrogen-bond acceptors (Lipinski definition) is 2. The molecule has 0 aromatic carbocycles. The van der Waals surface area contributed by atoms with Gasteiger partial charge in [-0.25, -0.2) is 0 Å². The molecule has 13 heavy (non-hydrogen) atoms. The normalized spacial score (nSPS) is 34.9. The Kier molecular flexibility index (Phi) is 2.27. The van der Waals surface area contributed by atoms with Gasteiger partial charge < -0.3 is 10.4 Å². The zero-order valence-corrected chi connectivity index (χ0v) is 6.98. The van der Waals surface area contributed by atoms with Gasteiger partial charge in [0, 0.05) is 6.54 Å². The molecule has 0 bridgehead atoms. The van der Waals surface area contributed by atoms with E-state index in [2.05, 4.69) is 5.32 Å². The van der Waals surface area contributed by atoms with Crippen molar-refractivity contribution in [1.29, 1.82) is 0 Å². The predicted octanol–water partition coefficient (Wildman–Crippen LogP) is 0.859. The highest BCUT2D eigenvalue weighted by Gasteiger charge is 2.65. The maximum Gasteiger partial charge on any atom is 0.406 e. The van der Waals surface area contributed by atoms with Crippen LogP contribution in [0.1, 0.15) is 6.92 Å². The molecule has 0 unspecified atom stereocenters. The molecule has 0 aromatic heterocycles. The van der Waals surface area contributed by atoms with Crippen molar-refractivity contribution in [3.05, 3.63) is 0 Å². The number of rotatable bonds is 1. The zero-order chi connectivity index (χ0) is 10.3. The van der Waals surface area contributed by atoms with Gasteiger partial charge in [-0.2, -0.15) is 13.2 Å². The lowest BCUT2D eigenvalue weighted by Crippen LogP contribution is -2.50. The molecule has 1 saturated heterocycles. The molecule has 1 rings (SSSR count). The Morgan fingerprint density at radius 3 is 2.31 bits per heavy atom. The minimum Gasteiger partial charge on any atom is -0.481 e. The van der Waals surface area contributed by atoms with Gasteiger partial charge in [0.2, 0.25) is 0 Å². The van der Waals surface area contributed by atoms with Gasteiger partial charge in [-0.05, 0) is 12.5 Å². The Balaban J connectivity index is 3.08. The van der Waals surface area contributed by atoms with Gasteiger partial charge in [-0.1, -0.05) is 6.92 Å². The van der Waals surface area contributed by atoms with Gasteiger partial charge in [-0.15, -0.1) is 0 Å². The molecule has 0 aliphatic carbocycles. The summed E-state index contributed by atoms with van der Waals surface area (Å²) in [6.45, 7) is 0.848. The molecule has 6 heteroatoms. The van der Waals surface area contributed by atoms with Gasteiger partial charge in [-0.3, -0.25) is 4.79 Å². The Labute approximate surface area is 72.9 Å². The van der Waals surface area contributed by atoms with Gasteiger partial charge in [0.15, 0.2) is 5.41 Å². The molecular formula is C7H10F3NO2. The fourth-order valence-electron chi connectivity index (χ4n) is 1.62. The number of hydrogen-bond donors (Lipinski definition) is 2. The molecule has 1 aliphatic heterocycles. The molecule has 0 aromatic rings. The standard InChI is InChI=1S/C7H10F3NO2/c1-4-2-11-3-6(4,5(12)13)7(8,9)10/h4,11H,2-3H2,1H3,(H,12,13)/t4-,6+/m1/s1. The summed E-state index contributed by atoms with van der Waals surface area (Å²) in [4.78, 5) is 10.6. The molecule has 0 saturated carbocycles. The van der Waals surface area contributed by atoms with Crippen LogP contribution in [0.25, 0.3) is 0 Å². The van der Waals surface area contributed by atoms with Crippen LogP contribution in [0.5, 0.6) is 0 Å². The van der Waals surface area contributed by atoms with E-state index in [1.54, 1.807) is 0 Å². The fraction of sp³-hybridized carbons (Fsp3) is 0.857. The second-order valence-corrected chi connectivity index (χ2v) is 3.31. The highest BCUT2D eigenvalue weighted by atomic mass is 19.4.